The van der Waals surface area contributed by atoms with Crippen LogP contribution in [0.15, 0.2) is 103 Å². The molecule has 5 aromatic rings. The molecule has 6 rings (SSSR count). The predicted molar refractivity (Wildman–Crippen MR) is 181 cm³/mol. The van der Waals surface area contributed by atoms with Gasteiger partial charge in [0.05, 0.1) is 42.1 Å². The van der Waals surface area contributed by atoms with Crippen molar-refractivity contribution in [2.75, 3.05) is 20.1 Å². The number of hydrogen-bond donors (Lipinski definition) is 4. The molecule has 1 aromatic heterocycles. The highest BCUT2D eigenvalue weighted by Crippen LogP contribution is 2.42. The molecule has 0 unspecified atom stereocenters. The second-order valence-corrected chi connectivity index (χ2v) is 12.3. The lowest BCUT2D eigenvalue weighted by molar-refractivity contribution is -0.276. The Bertz CT molecular complexity index is 1830. The fourth-order valence-corrected chi connectivity index (χ4v) is 5.97. The Morgan fingerprint density at radius 3 is 2.35 bits per heavy atom. The number of amides is 1. The maximum absolute atomic E-state index is 12.8. The molecule has 1 fully saturated rings. The zero-order chi connectivity index (χ0) is 33.6. The van der Waals surface area contributed by atoms with Gasteiger partial charge in [-0.2, -0.15) is 0 Å². The minimum atomic E-state index is -0.781. The van der Waals surface area contributed by atoms with Crippen molar-refractivity contribution in [3.63, 3.8) is 0 Å². The molecule has 1 aliphatic rings. The fourth-order valence-electron chi connectivity index (χ4n) is 5.97. The van der Waals surface area contributed by atoms with Crippen molar-refractivity contribution < 1.29 is 29.6 Å². The Hall–Kier alpha value is -4.71. The minimum absolute atomic E-state index is 0.0331. The Kier molecular flexibility index (Phi) is 10.4. The average Bonchev–Trinajstić information content (AvgIpc) is 3.11. The molecule has 0 aliphatic carbocycles. The van der Waals surface area contributed by atoms with E-state index in [1.807, 2.05) is 84.7 Å². The summed E-state index contributed by atoms with van der Waals surface area (Å²) in [6.45, 7) is 3.25. The number of carbonyl (C=O) groups excluding carboxylic acids is 1. The number of aromatic hydroxyl groups is 1. The zero-order valence-corrected chi connectivity index (χ0v) is 26.9. The highest BCUT2D eigenvalue weighted by Gasteiger charge is 2.39. The van der Waals surface area contributed by atoms with Crippen molar-refractivity contribution in [2.24, 2.45) is 5.92 Å². The highest BCUT2D eigenvalue weighted by molar-refractivity contribution is 5.93. The first-order valence-corrected chi connectivity index (χ1v) is 16.0. The van der Waals surface area contributed by atoms with Gasteiger partial charge < -0.3 is 35.0 Å². The van der Waals surface area contributed by atoms with Crippen LogP contribution in [0.3, 0.4) is 0 Å². The summed E-state index contributed by atoms with van der Waals surface area (Å²) >= 11 is 0. The summed E-state index contributed by atoms with van der Waals surface area (Å²) in [4.78, 5) is 23.6. The second kappa shape index (κ2) is 15.0. The van der Waals surface area contributed by atoms with E-state index in [2.05, 4.69) is 22.2 Å². The van der Waals surface area contributed by atoms with Gasteiger partial charge in [-0.3, -0.25) is 9.78 Å². The molecule has 10 heteroatoms. The van der Waals surface area contributed by atoms with Crippen molar-refractivity contribution >= 4 is 16.9 Å². The number of phenols is 1. The molecule has 10 nitrogen and oxygen atoms in total. The zero-order valence-electron chi connectivity index (χ0n) is 26.9. The molecule has 2 heterocycles. The third-order valence-corrected chi connectivity index (χ3v) is 8.74. The molecule has 5 atom stereocenters. The molecule has 1 saturated heterocycles. The molecule has 0 spiro atoms. The van der Waals surface area contributed by atoms with Crippen LogP contribution in [0.4, 0.5) is 0 Å². The average molecular weight is 649 g/mol. The third kappa shape index (κ3) is 7.87. The number of nitrogens with zero attached hydrogens (tertiary/aromatic N) is 3. The fraction of sp³-hybridized carbons (Fsp3) is 0.289. The first kappa shape index (κ1) is 33.2. The maximum atomic E-state index is 12.8. The number of likely N-dealkylation sites (N-methyl/N-ethyl adjacent to an activating group) is 1. The van der Waals surface area contributed by atoms with Gasteiger partial charge in [0.25, 0.3) is 5.91 Å². The molecular formula is C38H40N4O6. The number of aliphatic hydroxyl groups is 2. The number of aliphatic hydroxyl groups excluding tert-OH is 2. The monoisotopic (exact) mass is 648 g/mol. The van der Waals surface area contributed by atoms with Gasteiger partial charge >= 0.3 is 0 Å². The van der Waals surface area contributed by atoms with Crippen LogP contribution in [0.2, 0.25) is 0 Å². The number of para-hydroxylation sites is 2. The lowest BCUT2D eigenvalue weighted by atomic mass is 9.90. The summed E-state index contributed by atoms with van der Waals surface area (Å²) in [7, 11) is 1.93. The van der Waals surface area contributed by atoms with E-state index in [9.17, 15) is 20.1 Å². The van der Waals surface area contributed by atoms with E-state index in [4.69, 9.17) is 9.47 Å². The lowest BCUT2D eigenvalue weighted by Gasteiger charge is -2.42. The quantitative estimate of drug-likeness (QED) is 0.152. The van der Waals surface area contributed by atoms with Crippen LogP contribution >= 0.6 is 0 Å². The second-order valence-electron chi connectivity index (χ2n) is 12.3. The summed E-state index contributed by atoms with van der Waals surface area (Å²) in [5.74, 6) is -0.225. The van der Waals surface area contributed by atoms with E-state index in [-0.39, 0.29) is 42.1 Å². The van der Waals surface area contributed by atoms with Crippen LogP contribution < -0.4 is 5.32 Å². The Balaban J connectivity index is 1.14. The molecule has 1 aliphatic heterocycles. The van der Waals surface area contributed by atoms with E-state index in [0.29, 0.717) is 30.7 Å². The third-order valence-electron chi connectivity index (χ3n) is 8.74. The highest BCUT2D eigenvalue weighted by atomic mass is 16.7. The largest absolute Gasteiger partial charge is 0.508 e. The number of aromatic nitrogens is 2. The topological polar surface area (TPSA) is 137 Å². The number of rotatable bonds is 11. The molecule has 0 radical (unpaired) electrons. The minimum Gasteiger partial charge on any atom is -0.508 e. The van der Waals surface area contributed by atoms with Gasteiger partial charge in [0.15, 0.2) is 6.29 Å². The van der Waals surface area contributed by atoms with Crippen LogP contribution in [0.5, 0.6) is 5.75 Å². The van der Waals surface area contributed by atoms with E-state index in [0.717, 1.165) is 27.8 Å². The first-order chi connectivity index (χ1) is 23.3. The van der Waals surface area contributed by atoms with Gasteiger partial charge in [0.1, 0.15) is 11.4 Å². The van der Waals surface area contributed by atoms with Crippen molar-refractivity contribution in [1.29, 1.82) is 0 Å². The van der Waals surface area contributed by atoms with Crippen molar-refractivity contribution in [3.8, 4) is 5.75 Å². The predicted octanol–water partition coefficient (Wildman–Crippen LogP) is 5.21. The summed E-state index contributed by atoms with van der Waals surface area (Å²) in [5, 5.41) is 33.2. The summed E-state index contributed by atoms with van der Waals surface area (Å²) in [6, 6.07) is 29.6. The normalized spacial score (nSPS) is 20.1. The SMILES string of the molecule is C[C@@H]1[C@H](CN(C)C[C@@H](O)c2cccc(O)c2)O[C@H](c2ccc(CNC(=O)c3cnc4ccccc4n3)cc2)O[C@@H]1c1ccc(CO)cc1. The van der Waals surface area contributed by atoms with Crippen LogP contribution in [-0.2, 0) is 22.6 Å². The molecule has 0 bridgehead atoms. The molecule has 4 N–H and O–H groups in total. The number of nitrogens with one attached hydrogen (secondary N) is 1. The standard InChI is InChI=1S/C38H40N4O6/c1-24-35(22-42(2)21-34(45)29-6-5-7-30(44)18-29)47-38(48-36(24)27-14-12-26(23-43)13-15-27)28-16-10-25(11-17-28)19-40-37(46)33-20-39-31-8-3-4-9-32(31)41-33/h3-18,20,24,34-36,38,43-45H,19,21-23H2,1-2H3,(H,40,46)/t24-,34-,35+,36+,38+/m1/s1. The summed E-state index contributed by atoms with van der Waals surface area (Å²) in [6.07, 6.45) is -0.484. The van der Waals surface area contributed by atoms with Crippen LogP contribution in [-0.4, -0.2) is 62.3 Å². The smallest absolute Gasteiger partial charge is 0.271 e. The van der Waals surface area contributed by atoms with Crippen molar-refractivity contribution in [3.05, 3.63) is 137 Å². The number of benzene rings is 4. The van der Waals surface area contributed by atoms with Crippen molar-refractivity contribution in [2.45, 2.75) is 44.7 Å². The molecule has 48 heavy (non-hydrogen) atoms. The van der Waals surface area contributed by atoms with Crippen LogP contribution in [0.25, 0.3) is 11.0 Å². The number of phenolic OH excluding ortho intramolecular Hbond substituents is 1. The molecular weight excluding hydrogens is 608 g/mol. The van der Waals surface area contributed by atoms with Gasteiger partial charge in [-0.1, -0.05) is 79.7 Å². The molecule has 1 amide bonds. The van der Waals surface area contributed by atoms with Gasteiger partial charge in [-0.15, -0.1) is 0 Å². The Morgan fingerprint density at radius 1 is 0.917 bits per heavy atom. The van der Waals surface area contributed by atoms with E-state index < -0.39 is 12.4 Å². The molecule has 4 aromatic carbocycles. The van der Waals surface area contributed by atoms with Gasteiger partial charge in [0.2, 0.25) is 0 Å². The van der Waals surface area contributed by atoms with Crippen LogP contribution in [0, 0.1) is 5.92 Å². The van der Waals surface area contributed by atoms with E-state index in [1.165, 1.54) is 6.20 Å². The number of hydrogen-bond acceptors (Lipinski definition) is 9. The number of carbonyl (C=O) groups is 1. The summed E-state index contributed by atoms with van der Waals surface area (Å²) < 4.78 is 13.2. The molecule has 0 saturated carbocycles. The Morgan fingerprint density at radius 2 is 1.62 bits per heavy atom. The van der Waals surface area contributed by atoms with Gasteiger partial charge in [-0.05, 0) is 53.6 Å². The number of fused-ring (bicyclic) bond motifs is 1. The molecule has 248 valence electrons. The van der Waals surface area contributed by atoms with Crippen molar-refractivity contribution in [1.82, 2.24) is 20.2 Å². The lowest BCUT2D eigenvalue weighted by Crippen LogP contribution is -2.44. The van der Waals surface area contributed by atoms with Gasteiger partial charge in [0, 0.05) is 31.1 Å². The van der Waals surface area contributed by atoms with E-state index >= 15 is 0 Å². The van der Waals surface area contributed by atoms with Crippen LogP contribution in [0.1, 0.15) is 63.7 Å². The first-order valence-electron chi connectivity index (χ1n) is 16.0. The maximum Gasteiger partial charge on any atom is 0.271 e. The Labute approximate surface area is 279 Å². The van der Waals surface area contributed by atoms with E-state index in [1.54, 1.807) is 24.3 Å². The summed E-state index contributed by atoms with van der Waals surface area (Å²) in [5.41, 5.74) is 5.83. The van der Waals surface area contributed by atoms with Gasteiger partial charge in [-0.25, -0.2) is 4.98 Å². The number of ether oxygens (including phenoxy) is 2.